The molecule has 2 aliphatic heterocycles. The van der Waals surface area contributed by atoms with Crippen LogP contribution in [-0.2, 0) is 25.6 Å². The molecule has 0 N–H and O–H groups in total. The van der Waals surface area contributed by atoms with Crippen LogP contribution in [-0.4, -0.2) is 37.5 Å². The number of carbonyl (C=O) groups excluding carboxylic acids is 1. The van der Waals surface area contributed by atoms with Crippen LogP contribution < -0.4 is 4.74 Å². The minimum atomic E-state index is -0.219. The third-order valence-corrected chi connectivity index (χ3v) is 6.46. The van der Waals surface area contributed by atoms with Crippen LogP contribution >= 0.6 is 0 Å². The molecule has 5 atom stereocenters. The lowest BCUT2D eigenvalue weighted by molar-refractivity contribution is -0.146. The first-order valence-electron chi connectivity index (χ1n) is 10.2. The Morgan fingerprint density at radius 2 is 2.04 bits per heavy atom. The van der Waals surface area contributed by atoms with E-state index in [2.05, 4.69) is 19.9 Å². The molecule has 152 valence electrons. The van der Waals surface area contributed by atoms with Crippen molar-refractivity contribution in [2.45, 2.75) is 63.9 Å². The summed E-state index contributed by atoms with van der Waals surface area (Å²) in [5.41, 5.74) is 2.29. The highest BCUT2D eigenvalue weighted by molar-refractivity contribution is 5.75. The molecule has 4 rings (SSSR count). The average Bonchev–Trinajstić information content (AvgIpc) is 3.26. The van der Waals surface area contributed by atoms with Crippen molar-refractivity contribution in [1.82, 2.24) is 0 Å². The minimum Gasteiger partial charge on any atom is -0.497 e. The van der Waals surface area contributed by atoms with E-state index in [-0.39, 0.29) is 35.6 Å². The van der Waals surface area contributed by atoms with Gasteiger partial charge in [0.1, 0.15) is 18.0 Å². The summed E-state index contributed by atoms with van der Waals surface area (Å²) in [6, 6.07) is 7.80. The fourth-order valence-corrected chi connectivity index (χ4v) is 4.55. The van der Waals surface area contributed by atoms with Crippen LogP contribution in [0.1, 0.15) is 45.1 Å². The first-order chi connectivity index (χ1) is 13.5. The standard InChI is InChI=1S/C23H30O5/c1-15-5-4-12-23(2)21(28-23)20-18(11-6-15)19(22(24)27-20)14-26-13-16-7-9-17(25-3)10-8-16/h5,7-10,18-21H,4,6,11-14H2,1-3H3/b15-5+/t18-,19-,20-,21+,23+/m0/s1. The molecule has 3 aliphatic rings. The van der Waals surface area contributed by atoms with Gasteiger partial charge in [-0.1, -0.05) is 23.8 Å². The predicted molar refractivity (Wildman–Crippen MR) is 105 cm³/mol. The Kier molecular flexibility index (Phi) is 5.48. The number of benzene rings is 1. The molecule has 0 spiro atoms. The SMILES string of the molecule is COc1ccc(COC[C@@H]2C(=O)O[C@H]3[C@H]2CC/C(C)=C/CC[C@@]2(C)O[C@H]32)cc1. The summed E-state index contributed by atoms with van der Waals surface area (Å²) >= 11 is 0. The normalized spacial score (nSPS) is 36.5. The molecule has 2 fully saturated rings. The third-order valence-electron chi connectivity index (χ3n) is 6.46. The van der Waals surface area contributed by atoms with E-state index in [9.17, 15) is 4.79 Å². The van der Waals surface area contributed by atoms with Crippen LogP contribution in [0.4, 0.5) is 0 Å². The minimum absolute atomic E-state index is 0.0276. The fraction of sp³-hybridized carbons (Fsp3) is 0.609. The number of hydrogen-bond donors (Lipinski definition) is 0. The van der Waals surface area contributed by atoms with Gasteiger partial charge in [0.05, 0.1) is 31.8 Å². The Morgan fingerprint density at radius 1 is 1.25 bits per heavy atom. The lowest BCUT2D eigenvalue weighted by Crippen LogP contribution is -2.31. The van der Waals surface area contributed by atoms with Gasteiger partial charge in [-0.25, -0.2) is 0 Å². The molecule has 1 aromatic rings. The van der Waals surface area contributed by atoms with Crippen molar-refractivity contribution in [3.63, 3.8) is 0 Å². The van der Waals surface area contributed by atoms with Gasteiger partial charge in [-0.3, -0.25) is 4.79 Å². The quantitative estimate of drug-likeness (QED) is 0.434. The second kappa shape index (κ2) is 7.88. The molecule has 2 saturated heterocycles. The van der Waals surface area contributed by atoms with Crippen molar-refractivity contribution >= 4 is 5.97 Å². The number of fused-ring (bicyclic) bond motifs is 3. The second-order valence-electron chi connectivity index (χ2n) is 8.51. The Hall–Kier alpha value is -1.85. The lowest BCUT2D eigenvalue weighted by Gasteiger charge is -2.22. The van der Waals surface area contributed by atoms with Gasteiger partial charge >= 0.3 is 5.97 Å². The summed E-state index contributed by atoms with van der Waals surface area (Å²) in [5, 5.41) is 0. The van der Waals surface area contributed by atoms with Gasteiger partial charge in [0.2, 0.25) is 0 Å². The molecule has 0 saturated carbocycles. The van der Waals surface area contributed by atoms with Crippen LogP contribution in [0.25, 0.3) is 0 Å². The Bertz CT molecular complexity index is 740. The Balaban J connectivity index is 1.41. The zero-order valence-electron chi connectivity index (χ0n) is 17.0. The van der Waals surface area contributed by atoms with E-state index in [0.717, 1.165) is 37.0 Å². The van der Waals surface area contributed by atoms with Crippen LogP contribution in [0.2, 0.25) is 0 Å². The number of epoxide rings is 1. The molecular formula is C23H30O5. The van der Waals surface area contributed by atoms with Crippen LogP contribution in [0.15, 0.2) is 35.9 Å². The van der Waals surface area contributed by atoms with E-state index in [1.165, 1.54) is 5.57 Å². The molecule has 1 aromatic carbocycles. The van der Waals surface area contributed by atoms with Gasteiger partial charge in [0, 0.05) is 5.92 Å². The van der Waals surface area contributed by atoms with Crippen LogP contribution in [0.5, 0.6) is 5.75 Å². The van der Waals surface area contributed by atoms with Gasteiger partial charge in [0.25, 0.3) is 0 Å². The average molecular weight is 386 g/mol. The molecule has 5 heteroatoms. The maximum Gasteiger partial charge on any atom is 0.312 e. The van der Waals surface area contributed by atoms with Crippen LogP contribution in [0, 0.1) is 11.8 Å². The van der Waals surface area contributed by atoms with Gasteiger partial charge in [-0.05, 0) is 57.2 Å². The molecule has 0 bridgehead atoms. The maximum absolute atomic E-state index is 12.6. The Labute approximate surface area is 167 Å². The highest BCUT2D eigenvalue weighted by Gasteiger charge is 2.62. The summed E-state index contributed by atoms with van der Waals surface area (Å²) < 4.78 is 22.9. The van der Waals surface area contributed by atoms with E-state index in [1.54, 1.807) is 7.11 Å². The number of carbonyl (C=O) groups is 1. The molecule has 1 aliphatic carbocycles. The van der Waals surface area contributed by atoms with E-state index < -0.39 is 0 Å². The fourth-order valence-electron chi connectivity index (χ4n) is 4.55. The summed E-state index contributed by atoms with van der Waals surface area (Å²) in [5.74, 6) is 0.618. The van der Waals surface area contributed by atoms with Gasteiger partial charge in [-0.2, -0.15) is 0 Å². The van der Waals surface area contributed by atoms with Crippen molar-refractivity contribution in [2.24, 2.45) is 11.8 Å². The topological polar surface area (TPSA) is 57.3 Å². The Morgan fingerprint density at radius 3 is 2.79 bits per heavy atom. The van der Waals surface area contributed by atoms with Crippen molar-refractivity contribution < 1.29 is 23.7 Å². The molecule has 5 nitrogen and oxygen atoms in total. The van der Waals surface area contributed by atoms with E-state index in [0.29, 0.717) is 13.2 Å². The van der Waals surface area contributed by atoms with Gasteiger partial charge in [-0.15, -0.1) is 0 Å². The monoisotopic (exact) mass is 386 g/mol. The molecule has 2 heterocycles. The van der Waals surface area contributed by atoms with Gasteiger partial charge in [0.15, 0.2) is 0 Å². The highest BCUT2D eigenvalue weighted by atomic mass is 16.6. The first-order valence-corrected chi connectivity index (χ1v) is 10.2. The zero-order valence-corrected chi connectivity index (χ0v) is 17.0. The second-order valence-corrected chi connectivity index (χ2v) is 8.51. The molecule has 0 amide bonds. The number of esters is 1. The maximum atomic E-state index is 12.6. The van der Waals surface area contributed by atoms with E-state index >= 15 is 0 Å². The van der Waals surface area contributed by atoms with Crippen molar-refractivity contribution in [2.75, 3.05) is 13.7 Å². The number of hydrogen-bond acceptors (Lipinski definition) is 5. The van der Waals surface area contributed by atoms with Crippen LogP contribution in [0.3, 0.4) is 0 Å². The zero-order chi connectivity index (χ0) is 19.7. The molecule has 0 unspecified atom stereocenters. The van der Waals surface area contributed by atoms with Gasteiger partial charge < -0.3 is 18.9 Å². The van der Waals surface area contributed by atoms with Crippen molar-refractivity contribution in [3.05, 3.63) is 41.5 Å². The third kappa shape index (κ3) is 3.96. The summed E-state index contributed by atoms with van der Waals surface area (Å²) in [6.45, 7) is 5.18. The highest BCUT2D eigenvalue weighted by Crippen LogP contribution is 2.50. The first kappa shape index (κ1) is 19.5. The summed E-state index contributed by atoms with van der Waals surface area (Å²) in [7, 11) is 1.65. The largest absolute Gasteiger partial charge is 0.497 e. The lowest BCUT2D eigenvalue weighted by atomic mass is 9.81. The van der Waals surface area contributed by atoms with E-state index in [1.807, 2.05) is 24.3 Å². The van der Waals surface area contributed by atoms with Crippen molar-refractivity contribution in [1.29, 1.82) is 0 Å². The van der Waals surface area contributed by atoms with Crippen molar-refractivity contribution in [3.8, 4) is 5.75 Å². The summed E-state index contributed by atoms with van der Waals surface area (Å²) in [6.07, 6.45) is 6.14. The smallest absolute Gasteiger partial charge is 0.312 e. The molecule has 28 heavy (non-hydrogen) atoms. The number of allylic oxidation sites excluding steroid dienone is 2. The molecular weight excluding hydrogens is 356 g/mol. The van der Waals surface area contributed by atoms with E-state index in [4.69, 9.17) is 18.9 Å². The molecule has 0 aromatic heterocycles. The molecule has 0 radical (unpaired) electrons. The predicted octanol–water partition coefficient (Wildman–Crippen LogP) is 4.05. The summed E-state index contributed by atoms with van der Waals surface area (Å²) in [4.78, 5) is 12.6. The number of rotatable bonds is 5. The number of methoxy groups -OCH3 is 1. The number of ether oxygens (including phenoxy) is 4.